The fraction of sp³-hybridized carbons (Fsp3) is 0.520. The summed E-state index contributed by atoms with van der Waals surface area (Å²) in [4.78, 5) is 26.2. The summed E-state index contributed by atoms with van der Waals surface area (Å²) in [6.07, 6.45) is 5.35. The molecule has 34 heavy (non-hydrogen) atoms. The first-order valence-corrected chi connectivity index (χ1v) is 11.2. The van der Waals surface area contributed by atoms with E-state index in [1.54, 1.807) is 39.0 Å². The molecule has 0 saturated carbocycles. The van der Waals surface area contributed by atoms with Crippen LogP contribution in [0.25, 0.3) is 6.08 Å². The maximum Gasteiger partial charge on any atom is 0.342 e. The zero-order chi connectivity index (χ0) is 24.5. The molecule has 0 radical (unpaired) electrons. The van der Waals surface area contributed by atoms with Crippen LogP contribution in [0.5, 0.6) is 17.2 Å². The molecule has 1 fully saturated rings. The second-order valence-corrected chi connectivity index (χ2v) is 8.91. The number of ketones is 1. The molecule has 0 aliphatic carbocycles. The molecule has 3 aliphatic heterocycles. The normalized spacial score (nSPS) is 29.1. The molecule has 1 aromatic rings. The van der Waals surface area contributed by atoms with Gasteiger partial charge in [0.15, 0.2) is 29.9 Å². The van der Waals surface area contributed by atoms with E-state index in [-0.39, 0.29) is 36.6 Å². The predicted molar refractivity (Wildman–Crippen MR) is 121 cm³/mol. The number of carbonyl (C=O) groups is 2. The lowest BCUT2D eigenvalue weighted by atomic mass is 9.99. The van der Waals surface area contributed by atoms with E-state index in [2.05, 4.69) is 0 Å². The van der Waals surface area contributed by atoms with Crippen molar-refractivity contribution in [3.05, 3.63) is 35.4 Å². The SMILES string of the molecule is COCOc1cc2c(c3c1C(=O)O[C@@H](C)[C@H](C)/C=C\C(=O)[C@H]1OC(C)(C)O[C@H]1CC=C3)OCO2. The third kappa shape index (κ3) is 4.96. The monoisotopic (exact) mass is 474 g/mol. The van der Waals surface area contributed by atoms with Gasteiger partial charge >= 0.3 is 5.97 Å². The van der Waals surface area contributed by atoms with Gasteiger partial charge in [0.05, 0.1) is 6.10 Å². The fourth-order valence-corrected chi connectivity index (χ4v) is 4.05. The lowest BCUT2D eigenvalue weighted by molar-refractivity contribution is -0.152. The fourth-order valence-electron chi connectivity index (χ4n) is 4.05. The largest absolute Gasteiger partial charge is 0.466 e. The van der Waals surface area contributed by atoms with Crippen molar-refractivity contribution in [3.63, 3.8) is 0 Å². The molecule has 9 heteroatoms. The van der Waals surface area contributed by atoms with Crippen LogP contribution in [-0.2, 0) is 23.7 Å². The molecule has 1 saturated heterocycles. The van der Waals surface area contributed by atoms with E-state index in [9.17, 15) is 9.59 Å². The Labute approximate surface area is 198 Å². The molecule has 0 spiro atoms. The minimum absolute atomic E-state index is 0.0148. The summed E-state index contributed by atoms with van der Waals surface area (Å²) in [6, 6.07) is 1.59. The first-order chi connectivity index (χ1) is 16.2. The number of cyclic esters (lactones) is 1. The Morgan fingerprint density at radius 2 is 1.91 bits per heavy atom. The van der Waals surface area contributed by atoms with Crippen LogP contribution in [0, 0.1) is 5.92 Å². The summed E-state index contributed by atoms with van der Waals surface area (Å²) in [5.74, 6) is -0.789. The van der Waals surface area contributed by atoms with Gasteiger partial charge in [-0.2, -0.15) is 0 Å². The van der Waals surface area contributed by atoms with Gasteiger partial charge in [-0.3, -0.25) is 4.79 Å². The van der Waals surface area contributed by atoms with Crippen molar-refractivity contribution < 1.29 is 42.7 Å². The van der Waals surface area contributed by atoms with Crippen LogP contribution in [0.2, 0.25) is 0 Å². The first-order valence-electron chi connectivity index (χ1n) is 11.2. The summed E-state index contributed by atoms with van der Waals surface area (Å²) in [7, 11) is 1.49. The van der Waals surface area contributed by atoms with Gasteiger partial charge in [-0.1, -0.05) is 25.2 Å². The molecule has 4 atom stereocenters. The Morgan fingerprint density at radius 1 is 1.12 bits per heavy atom. The zero-order valence-electron chi connectivity index (χ0n) is 20.0. The highest BCUT2D eigenvalue weighted by Gasteiger charge is 2.43. The van der Waals surface area contributed by atoms with Crippen LogP contribution in [0.3, 0.4) is 0 Å². The molecule has 0 unspecified atom stereocenters. The van der Waals surface area contributed by atoms with Gasteiger partial charge in [0, 0.05) is 24.7 Å². The highest BCUT2D eigenvalue weighted by Crippen LogP contribution is 2.44. The van der Waals surface area contributed by atoms with Gasteiger partial charge in [0.1, 0.15) is 23.5 Å². The summed E-state index contributed by atoms with van der Waals surface area (Å²) in [5, 5.41) is 0. The van der Waals surface area contributed by atoms with E-state index in [0.717, 1.165) is 0 Å². The average molecular weight is 475 g/mol. The van der Waals surface area contributed by atoms with Gasteiger partial charge in [-0.15, -0.1) is 0 Å². The lowest BCUT2D eigenvalue weighted by Crippen LogP contribution is -2.30. The third-order valence-electron chi connectivity index (χ3n) is 5.91. The molecule has 4 rings (SSSR count). The van der Waals surface area contributed by atoms with Gasteiger partial charge in [0.2, 0.25) is 6.79 Å². The summed E-state index contributed by atoms with van der Waals surface area (Å²) in [5.41, 5.74) is 0.661. The zero-order valence-corrected chi connectivity index (χ0v) is 20.0. The second-order valence-electron chi connectivity index (χ2n) is 8.91. The molecular formula is C25H30O9. The molecule has 3 aliphatic rings. The number of carbonyl (C=O) groups excluding carboxylic acids is 2. The second kappa shape index (κ2) is 9.77. The Balaban J connectivity index is 1.80. The highest BCUT2D eigenvalue weighted by atomic mass is 16.8. The van der Waals surface area contributed by atoms with Crippen LogP contribution >= 0.6 is 0 Å². The van der Waals surface area contributed by atoms with E-state index in [1.807, 2.05) is 13.0 Å². The first kappa shape index (κ1) is 24.3. The quantitative estimate of drug-likeness (QED) is 0.480. The highest BCUT2D eigenvalue weighted by molar-refractivity contribution is 5.99. The smallest absolute Gasteiger partial charge is 0.342 e. The molecule has 0 N–H and O–H groups in total. The van der Waals surface area contributed by atoms with Crippen LogP contribution in [0.15, 0.2) is 24.3 Å². The minimum Gasteiger partial charge on any atom is -0.466 e. The van der Waals surface area contributed by atoms with Crippen LogP contribution in [0.1, 0.15) is 50.0 Å². The number of rotatable bonds is 3. The number of hydrogen-bond donors (Lipinski definition) is 0. The maximum absolute atomic E-state index is 13.3. The molecule has 0 bridgehead atoms. The van der Waals surface area contributed by atoms with Crippen molar-refractivity contribution in [1.82, 2.24) is 0 Å². The summed E-state index contributed by atoms with van der Waals surface area (Å²) < 4.78 is 39.6. The predicted octanol–water partition coefficient (Wildman–Crippen LogP) is 3.64. The van der Waals surface area contributed by atoms with Crippen LogP contribution in [-0.4, -0.2) is 56.5 Å². The minimum atomic E-state index is -0.893. The molecule has 184 valence electrons. The number of methoxy groups -OCH3 is 1. The maximum atomic E-state index is 13.3. The Bertz CT molecular complexity index is 1010. The van der Waals surface area contributed by atoms with Crippen molar-refractivity contribution in [2.75, 3.05) is 20.7 Å². The van der Waals surface area contributed by atoms with E-state index < -0.39 is 30.1 Å². The topological polar surface area (TPSA) is 98.8 Å². The summed E-state index contributed by atoms with van der Waals surface area (Å²) >= 11 is 0. The number of benzene rings is 1. The van der Waals surface area contributed by atoms with Gasteiger partial charge < -0.3 is 33.2 Å². The van der Waals surface area contributed by atoms with Crippen molar-refractivity contribution in [1.29, 1.82) is 0 Å². The third-order valence-corrected chi connectivity index (χ3v) is 5.91. The lowest BCUT2D eigenvalue weighted by Gasteiger charge is -2.21. The molecule has 9 nitrogen and oxygen atoms in total. The molecule has 1 aromatic carbocycles. The van der Waals surface area contributed by atoms with E-state index in [4.69, 9.17) is 33.2 Å². The molecule has 0 aromatic heterocycles. The number of hydrogen-bond acceptors (Lipinski definition) is 9. The van der Waals surface area contributed by atoms with Crippen molar-refractivity contribution >= 4 is 17.8 Å². The Kier molecular flexibility index (Phi) is 6.97. The van der Waals surface area contributed by atoms with E-state index in [1.165, 1.54) is 13.2 Å². The Morgan fingerprint density at radius 3 is 2.68 bits per heavy atom. The number of fused-ring (bicyclic) bond motifs is 4. The van der Waals surface area contributed by atoms with Crippen LogP contribution in [0.4, 0.5) is 0 Å². The van der Waals surface area contributed by atoms with E-state index >= 15 is 0 Å². The van der Waals surface area contributed by atoms with Crippen molar-refractivity contribution in [2.45, 2.75) is 58.2 Å². The average Bonchev–Trinajstić information content (AvgIpc) is 3.38. The standard InChI is InChI=1S/C25H30O9/c1-14-9-10-17(26)23-18(33-25(3,4)34-23)8-6-7-16-21(24(27)32-15(14)2)19(29-12-28-5)11-20-22(16)31-13-30-20/h6-7,9-11,14-15,18,23H,8,12-13H2,1-5H3/b7-6?,10-9-/t14-,15+,18+,23-/m1/s1. The van der Waals surface area contributed by atoms with Gasteiger partial charge in [-0.25, -0.2) is 4.79 Å². The molecular weight excluding hydrogens is 444 g/mol. The van der Waals surface area contributed by atoms with Crippen molar-refractivity contribution in [3.8, 4) is 17.2 Å². The number of ether oxygens (including phenoxy) is 7. The molecule has 3 heterocycles. The van der Waals surface area contributed by atoms with Crippen LogP contribution < -0.4 is 14.2 Å². The van der Waals surface area contributed by atoms with Gasteiger partial charge in [0.25, 0.3) is 0 Å². The Hall–Kier alpha value is -2.88. The van der Waals surface area contributed by atoms with E-state index in [0.29, 0.717) is 23.5 Å². The van der Waals surface area contributed by atoms with Gasteiger partial charge in [-0.05, 0) is 33.3 Å². The van der Waals surface area contributed by atoms with Crippen molar-refractivity contribution in [2.24, 2.45) is 5.92 Å². The number of esters is 1. The molecule has 0 amide bonds. The summed E-state index contributed by atoms with van der Waals surface area (Å²) in [6.45, 7) is 7.13.